The summed E-state index contributed by atoms with van der Waals surface area (Å²) < 4.78 is 13.0. The maximum absolute atomic E-state index is 13.1. The molecule has 0 fully saturated rings. The minimum atomic E-state index is -0.517. The lowest BCUT2D eigenvalue weighted by atomic mass is 10.0. The van der Waals surface area contributed by atoms with Crippen molar-refractivity contribution >= 4 is 0 Å². The topological polar surface area (TPSA) is 49.7 Å². The van der Waals surface area contributed by atoms with Gasteiger partial charge in [-0.3, -0.25) is 4.79 Å². The van der Waals surface area contributed by atoms with Gasteiger partial charge in [-0.25, -0.2) is 0 Å². The number of hydrogen-bond donors (Lipinski definition) is 0. The van der Waals surface area contributed by atoms with Crippen LogP contribution in [0.25, 0.3) is 0 Å². The second kappa shape index (κ2) is 11.7. The van der Waals surface area contributed by atoms with Gasteiger partial charge >= 0.3 is 0 Å². The van der Waals surface area contributed by atoms with Gasteiger partial charge in [0.05, 0.1) is 12.3 Å². The van der Waals surface area contributed by atoms with Crippen molar-refractivity contribution < 1.29 is 14.3 Å². The Morgan fingerprint density at radius 3 is 1.47 bits per heavy atom. The Morgan fingerprint density at radius 2 is 1.05 bits per heavy atom. The maximum Gasteiger partial charge on any atom is 0.248 e. The molecular formula is C33H25NO4. The largest absolute Gasteiger partial charge is 0.475 e. The van der Waals surface area contributed by atoms with Crippen LogP contribution in [0.1, 0.15) is 34.5 Å². The molecule has 5 rings (SSSR count). The molecule has 0 N–H and O–H groups in total. The summed E-state index contributed by atoms with van der Waals surface area (Å²) in [5, 5.41) is 0. The van der Waals surface area contributed by atoms with E-state index in [2.05, 4.69) is 6.11 Å². The third kappa shape index (κ3) is 5.61. The highest BCUT2D eigenvalue weighted by atomic mass is 16.7. The summed E-state index contributed by atoms with van der Waals surface area (Å²) in [6, 6.07) is 40.3. The van der Waals surface area contributed by atoms with Crippen LogP contribution in [-0.2, 0) is 0 Å². The van der Waals surface area contributed by atoms with Crippen LogP contribution < -0.4 is 19.7 Å². The quantitative estimate of drug-likeness (QED) is 0.227. The third-order valence-electron chi connectivity index (χ3n) is 5.99. The first-order valence-electron chi connectivity index (χ1n) is 12.2. The maximum atomic E-state index is 13.1. The molecule has 0 bridgehead atoms. The number of rotatable bonds is 9. The zero-order chi connectivity index (χ0) is 26.2. The Labute approximate surface area is 221 Å². The smallest absolute Gasteiger partial charge is 0.248 e. The molecule has 0 aliphatic carbocycles. The summed E-state index contributed by atoms with van der Waals surface area (Å²) in [6.07, 6.45) is 8.02. The third-order valence-corrected chi connectivity index (χ3v) is 5.99. The fourth-order valence-electron chi connectivity index (χ4n) is 4.18. The predicted molar refractivity (Wildman–Crippen MR) is 147 cm³/mol. The number of pyridine rings is 1. The standard InChI is InChI=1S/C33H25NO4/c1-2-36-31-23-29(35)30(37-32(25-15-7-3-8-16-25)26-17-9-4-10-18-26)24-34(31)38-33(27-19-11-5-12-20-27)28-21-13-6-14-22-28/h1,3-24,32-33H. The van der Waals surface area contributed by atoms with Crippen molar-refractivity contribution in [2.75, 3.05) is 0 Å². The van der Waals surface area contributed by atoms with Crippen molar-refractivity contribution in [3.05, 3.63) is 166 Å². The van der Waals surface area contributed by atoms with Crippen LogP contribution in [0.4, 0.5) is 0 Å². The lowest BCUT2D eigenvalue weighted by Crippen LogP contribution is -2.24. The first-order valence-corrected chi connectivity index (χ1v) is 12.2. The highest BCUT2D eigenvalue weighted by Crippen LogP contribution is 2.29. The number of ether oxygens (including phenoxy) is 2. The van der Waals surface area contributed by atoms with Gasteiger partial charge in [-0.05, 0) is 22.3 Å². The molecule has 0 saturated heterocycles. The molecule has 0 spiro atoms. The van der Waals surface area contributed by atoms with Crippen molar-refractivity contribution in [3.63, 3.8) is 0 Å². The lowest BCUT2D eigenvalue weighted by molar-refractivity contribution is 0.0456. The summed E-state index contributed by atoms with van der Waals surface area (Å²) in [5.74, 6) is 0.157. The van der Waals surface area contributed by atoms with E-state index >= 15 is 0 Å². The Kier molecular flexibility index (Phi) is 7.53. The van der Waals surface area contributed by atoms with Crippen LogP contribution in [0.15, 0.2) is 138 Å². The van der Waals surface area contributed by atoms with Crippen LogP contribution in [0, 0.1) is 12.5 Å². The average molecular weight is 500 g/mol. The fraction of sp³-hybridized carbons (Fsp3) is 0.0606. The molecule has 0 atom stereocenters. The highest BCUT2D eigenvalue weighted by molar-refractivity contribution is 5.34. The van der Waals surface area contributed by atoms with Crippen molar-refractivity contribution in [2.45, 2.75) is 12.2 Å². The average Bonchev–Trinajstić information content (AvgIpc) is 2.98. The molecule has 4 aromatic carbocycles. The molecule has 0 aliphatic heterocycles. The van der Waals surface area contributed by atoms with Gasteiger partial charge in [0.1, 0.15) is 12.2 Å². The molecule has 1 heterocycles. The molecule has 5 aromatic rings. The zero-order valence-electron chi connectivity index (χ0n) is 20.5. The van der Waals surface area contributed by atoms with E-state index < -0.39 is 12.2 Å². The highest BCUT2D eigenvalue weighted by Gasteiger charge is 2.22. The van der Waals surface area contributed by atoms with Gasteiger partial charge in [0, 0.05) is 0 Å². The van der Waals surface area contributed by atoms with E-state index in [0.29, 0.717) is 0 Å². The Bertz CT molecular complexity index is 1480. The molecule has 0 radical (unpaired) electrons. The SMILES string of the molecule is C#COc1cc(=O)c(OC(c2ccccc2)c2ccccc2)cn1OC(c1ccccc1)c1ccccc1. The van der Waals surface area contributed by atoms with Crippen LogP contribution >= 0.6 is 0 Å². The fourth-order valence-corrected chi connectivity index (χ4v) is 4.18. The summed E-state index contributed by atoms with van der Waals surface area (Å²) in [6.45, 7) is 0. The van der Waals surface area contributed by atoms with E-state index in [4.69, 9.17) is 20.7 Å². The van der Waals surface area contributed by atoms with E-state index in [9.17, 15) is 4.79 Å². The van der Waals surface area contributed by atoms with Crippen molar-refractivity contribution in [1.29, 1.82) is 0 Å². The Morgan fingerprint density at radius 1 is 0.632 bits per heavy atom. The second-order valence-corrected chi connectivity index (χ2v) is 8.51. The molecule has 0 unspecified atom stereocenters. The predicted octanol–water partition coefficient (Wildman–Crippen LogP) is 6.20. The second-order valence-electron chi connectivity index (χ2n) is 8.51. The molecule has 0 aliphatic rings. The molecular weight excluding hydrogens is 474 g/mol. The molecule has 0 amide bonds. The zero-order valence-corrected chi connectivity index (χ0v) is 20.5. The first-order chi connectivity index (χ1) is 18.7. The van der Waals surface area contributed by atoms with Crippen molar-refractivity contribution in [3.8, 4) is 24.2 Å². The number of terminal acetylenes is 1. The normalized spacial score (nSPS) is 10.7. The van der Waals surface area contributed by atoms with Gasteiger partial charge in [0.2, 0.25) is 11.3 Å². The summed E-state index contributed by atoms with van der Waals surface area (Å²) in [4.78, 5) is 19.6. The number of hydrogen-bond acceptors (Lipinski definition) is 4. The molecule has 5 heteroatoms. The van der Waals surface area contributed by atoms with Crippen LogP contribution in [-0.4, -0.2) is 4.73 Å². The Hall–Kier alpha value is -5.21. The van der Waals surface area contributed by atoms with Gasteiger partial charge in [-0.1, -0.05) is 128 Å². The Balaban J connectivity index is 1.57. The number of benzene rings is 4. The van der Waals surface area contributed by atoms with Gasteiger partial charge in [0.25, 0.3) is 0 Å². The molecule has 38 heavy (non-hydrogen) atoms. The van der Waals surface area contributed by atoms with Gasteiger partial charge in [-0.2, -0.15) is 4.73 Å². The van der Waals surface area contributed by atoms with Crippen LogP contribution in [0.2, 0.25) is 0 Å². The molecule has 1 aromatic heterocycles. The summed E-state index contributed by atoms with van der Waals surface area (Å²) in [5.41, 5.74) is 3.25. The van der Waals surface area contributed by atoms with Gasteiger partial charge in [-0.15, -0.1) is 0 Å². The van der Waals surface area contributed by atoms with Crippen molar-refractivity contribution in [2.24, 2.45) is 0 Å². The minimum Gasteiger partial charge on any atom is -0.475 e. The summed E-state index contributed by atoms with van der Waals surface area (Å²) >= 11 is 0. The van der Waals surface area contributed by atoms with E-state index in [0.717, 1.165) is 22.3 Å². The first kappa shape index (κ1) is 24.5. The van der Waals surface area contributed by atoms with Gasteiger partial charge < -0.3 is 14.3 Å². The van der Waals surface area contributed by atoms with Crippen molar-refractivity contribution in [1.82, 2.24) is 4.73 Å². The lowest BCUT2D eigenvalue weighted by Gasteiger charge is -2.24. The number of aromatic nitrogens is 1. The summed E-state index contributed by atoms with van der Waals surface area (Å²) in [7, 11) is 0. The van der Waals surface area contributed by atoms with Crippen LogP contribution in [0.5, 0.6) is 11.6 Å². The molecule has 5 nitrogen and oxygen atoms in total. The van der Waals surface area contributed by atoms with Crippen LogP contribution in [0.3, 0.4) is 0 Å². The van der Waals surface area contributed by atoms with E-state index in [-0.39, 0.29) is 17.1 Å². The monoisotopic (exact) mass is 499 g/mol. The van der Waals surface area contributed by atoms with E-state index in [1.807, 2.05) is 121 Å². The van der Waals surface area contributed by atoms with E-state index in [1.54, 1.807) is 0 Å². The molecule has 0 saturated carbocycles. The van der Waals surface area contributed by atoms with Gasteiger partial charge in [0.15, 0.2) is 11.9 Å². The number of nitrogens with zero attached hydrogens (tertiary/aromatic N) is 1. The minimum absolute atomic E-state index is 0.0673. The molecule has 186 valence electrons. The van der Waals surface area contributed by atoms with E-state index in [1.165, 1.54) is 17.0 Å².